The summed E-state index contributed by atoms with van der Waals surface area (Å²) in [6.07, 6.45) is 3.11. The fourth-order valence-corrected chi connectivity index (χ4v) is 2.24. The smallest absolute Gasteiger partial charge is 0.368 e. The van der Waals surface area contributed by atoms with Crippen LogP contribution in [0, 0.1) is 0 Å². The van der Waals surface area contributed by atoms with Gasteiger partial charge < -0.3 is 11.1 Å². The Morgan fingerprint density at radius 3 is 2.62 bits per heavy atom. The SMILES string of the molecule is CC(Nc1nc(N)nc(C(F)(F)F)c1Cl)C1=CCCC=C1. The standard InChI is InChI=1S/C13H14ClF3N4/c1-7(8-5-3-2-4-6-8)19-11-9(14)10(13(15,16)17)20-12(18)21-11/h3,5-7H,2,4H2,1H3,(H3,18,19,20,21). The molecule has 0 bridgehead atoms. The Morgan fingerprint density at radius 1 is 1.33 bits per heavy atom. The Hall–Kier alpha value is -1.76. The maximum Gasteiger partial charge on any atom is 0.435 e. The molecule has 1 aliphatic carbocycles. The average Bonchev–Trinajstić information content (AvgIpc) is 2.42. The molecule has 114 valence electrons. The van der Waals surface area contributed by atoms with Gasteiger partial charge in [0.1, 0.15) is 5.02 Å². The van der Waals surface area contributed by atoms with Crippen molar-refractivity contribution in [1.82, 2.24) is 9.97 Å². The number of nitrogens with two attached hydrogens (primary N) is 1. The van der Waals surface area contributed by atoms with Crippen molar-refractivity contribution in [3.8, 4) is 0 Å². The first kappa shape index (κ1) is 15.6. The highest BCUT2D eigenvalue weighted by molar-refractivity contribution is 6.33. The van der Waals surface area contributed by atoms with Gasteiger partial charge in [-0.15, -0.1) is 0 Å². The number of hydrogen-bond acceptors (Lipinski definition) is 4. The lowest BCUT2D eigenvalue weighted by Gasteiger charge is -2.20. The van der Waals surface area contributed by atoms with Crippen molar-refractivity contribution in [1.29, 1.82) is 0 Å². The largest absolute Gasteiger partial charge is 0.435 e. The molecular weight excluding hydrogens is 305 g/mol. The second-order valence-corrected chi connectivity index (χ2v) is 5.02. The van der Waals surface area contributed by atoms with Crippen molar-refractivity contribution < 1.29 is 13.2 Å². The molecule has 21 heavy (non-hydrogen) atoms. The summed E-state index contributed by atoms with van der Waals surface area (Å²) < 4.78 is 38.5. The van der Waals surface area contributed by atoms with E-state index in [0.29, 0.717) is 0 Å². The first-order valence-corrected chi connectivity index (χ1v) is 6.70. The van der Waals surface area contributed by atoms with Gasteiger partial charge in [-0.2, -0.15) is 18.2 Å². The van der Waals surface area contributed by atoms with Gasteiger partial charge in [-0.3, -0.25) is 0 Å². The third-order valence-electron chi connectivity index (χ3n) is 3.01. The minimum Gasteiger partial charge on any atom is -0.368 e. The van der Waals surface area contributed by atoms with Crippen molar-refractivity contribution in [2.45, 2.75) is 32.0 Å². The van der Waals surface area contributed by atoms with Crippen molar-refractivity contribution in [2.24, 2.45) is 0 Å². The summed E-state index contributed by atoms with van der Waals surface area (Å²) in [7, 11) is 0. The third kappa shape index (κ3) is 3.66. The molecule has 0 radical (unpaired) electrons. The molecule has 4 nitrogen and oxygen atoms in total. The van der Waals surface area contributed by atoms with Gasteiger partial charge in [-0.1, -0.05) is 29.8 Å². The van der Waals surface area contributed by atoms with E-state index < -0.39 is 22.8 Å². The van der Waals surface area contributed by atoms with Crippen LogP contribution in [-0.4, -0.2) is 16.0 Å². The predicted octanol–water partition coefficient (Wildman–Crippen LogP) is 3.81. The number of nitrogen functional groups attached to an aromatic ring is 1. The van der Waals surface area contributed by atoms with Gasteiger partial charge in [0.2, 0.25) is 5.95 Å². The molecule has 1 aromatic heterocycles. The third-order valence-corrected chi connectivity index (χ3v) is 3.37. The zero-order valence-corrected chi connectivity index (χ0v) is 12.0. The topological polar surface area (TPSA) is 63.8 Å². The Morgan fingerprint density at radius 2 is 2.05 bits per heavy atom. The van der Waals surface area contributed by atoms with Crippen molar-refractivity contribution in [3.63, 3.8) is 0 Å². The lowest BCUT2D eigenvalue weighted by molar-refractivity contribution is -0.141. The van der Waals surface area contributed by atoms with Gasteiger partial charge >= 0.3 is 6.18 Å². The normalized spacial score (nSPS) is 16.5. The number of alkyl halides is 3. The van der Waals surface area contributed by atoms with Gasteiger partial charge in [0.25, 0.3) is 0 Å². The number of aromatic nitrogens is 2. The maximum absolute atomic E-state index is 12.8. The van der Waals surface area contributed by atoms with E-state index >= 15 is 0 Å². The summed E-state index contributed by atoms with van der Waals surface area (Å²) in [5, 5.41) is 2.27. The fraction of sp³-hybridized carbons (Fsp3) is 0.385. The minimum absolute atomic E-state index is 0.121. The lowest BCUT2D eigenvalue weighted by Crippen LogP contribution is -2.21. The molecule has 3 N–H and O–H groups in total. The van der Waals surface area contributed by atoms with Crippen LogP contribution >= 0.6 is 11.6 Å². The molecule has 1 aromatic rings. The molecule has 0 aromatic carbocycles. The second-order valence-electron chi connectivity index (χ2n) is 4.64. The van der Waals surface area contributed by atoms with Crippen molar-refractivity contribution in [2.75, 3.05) is 11.1 Å². The molecule has 0 saturated heterocycles. The summed E-state index contributed by atoms with van der Waals surface area (Å²) in [6.45, 7) is 1.81. The first-order chi connectivity index (χ1) is 9.79. The van der Waals surface area contributed by atoms with Crippen LogP contribution < -0.4 is 11.1 Å². The van der Waals surface area contributed by atoms with E-state index in [1.165, 1.54) is 0 Å². The van der Waals surface area contributed by atoms with E-state index in [9.17, 15) is 13.2 Å². The second kappa shape index (κ2) is 5.93. The Labute approximate surface area is 124 Å². The molecule has 2 rings (SSSR count). The highest BCUT2D eigenvalue weighted by atomic mass is 35.5. The van der Waals surface area contributed by atoms with Gasteiger partial charge in [0.05, 0.1) is 0 Å². The molecule has 0 amide bonds. The molecule has 1 unspecified atom stereocenters. The quantitative estimate of drug-likeness (QED) is 0.889. The minimum atomic E-state index is -4.68. The van der Waals surface area contributed by atoms with Crippen LogP contribution in [0.3, 0.4) is 0 Å². The number of allylic oxidation sites excluding steroid dienone is 2. The monoisotopic (exact) mass is 318 g/mol. The van der Waals surface area contributed by atoms with Crippen LogP contribution in [0.25, 0.3) is 0 Å². The number of halogens is 4. The van der Waals surface area contributed by atoms with Crippen LogP contribution in [0.4, 0.5) is 24.9 Å². The van der Waals surface area contributed by atoms with E-state index in [1.807, 2.05) is 25.2 Å². The van der Waals surface area contributed by atoms with E-state index in [1.54, 1.807) is 0 Å². The number of rotatable bonds is 3. The van der Waals surface area contributed by atoms with Gasteiger partial charge in [0.15, 0.2) is 11.5 Å². The molecule has 1 heterocycles. The van der Waals surface area contributed by atoms with Crippen molar-refractivity contribution >= 4 is 23.4 Å². The van der Waals surface area contributed by atoms with Crippen molar-refractivity contribution in [3.05, 3.63) is 34.5 Å². The Kier molecular flexibility index (Phi) is 4.41. The predicted molar refractivity (Wildman–Crippen MR) is 76.0 cm³/mol. The highest BCUT2D eigenvalue weighted by Gasteiger charge is 2.37. The number of anilines is 2. The zero-order chi connectivity index (χ0) is 15.6. The van der Waals surface area contributed by atoms with E-state index in [-0.39, 0.29) is 11.9 Å². The molecule has 1 aliphatic rings. The summed E-state index contributed by atoms with van der Waals surface area (Å²) in [5.41, 5.74) is 5.05. The van der Waals surface area contributed by atoms with E-state index in [2.05, 4.69) is 15.3 Å². The lowest BCUT2D eigenvalue weighted by atomic mass is 10.0. The number of nitrogens with zero attached hydrogens (tertiary/aromatic N) is 2. The van der Waals surface area contributed by atoms with Crippen LogP contribution in [0.15, 0.2) is 23.8 Å². The highest BCUT2D eigenvalue weighted by Crippen LogP contribution is 2.37. The summed E-state index contributed by atoms with van der Waals surface area (Å²) >= 11 is 5.75. The fourth-order valence-electron chi connectivity index (χ4n) is 1.99. The molecular formula is C13H14ClF3N4. The molecule has 1 atom stereocenters. The zero-order valence-electron chi connectivity index (χ0n) is 11.2. The van der Waals surface area contributed by atoms with Crippen LogP contribution in [0.1, 0.15) is 25.5 Å². The number of nitrogens with one attached hydrogen (secondary N) is 1. The summed E-state index contributed by atoms with van der Waals surface area (Å²) in [6, 6.07) is -0.241. The van der Waals surface area contributed by atoms with Crippen LogP contribution in [0.2, 0.25) is 5.02 Å². The molecule has 0 fully saturated rings. The van der Waals surface area contributed by atoms with Crippen LogP contribution in [-0.2, 0) is 6.18 Å². The molecule has 0 saturated carbocycles. The Bertz CT molecular complexity index is 596. The first-order valence-electron chi connectivity index (χ1n) is 6.32. The summed E-state index contributed by atoms with van der Waals surface area (Å²) in [5.74, 6) is -0.599. The summed E-state index contributed by atoms with van der Waals surface area (Å²) in [4.78, 5) is 6.92. The maximum atomic E-state index is 12.8. The molecule has 0 spiro atoms. The Balaban J connectivity index is 2.30. The van der Waals surface area contributed by atoms with E-state index in [0.717, 1.165) is 18.4 Å². The molecule has 0 aliphatic heterocycles. The van der Waals surface area contributed by atoms with E-state index in [4.69, 9.17) is 17.3 Å². The van der Waals surface area contributed by atoms with Gasteiger partial charge in [-0.25, -0.2) is 4.98 Å². The van der Waals surface area contributed by atoms with Gasteiger partial charge in [-0.05, 0) is 25.3 Å². The van der Waals surface area contributed by atoms with Gasteiger partial charge in [0, 0.05) is 6.04 Å². The average molecular weight is 319 g/mol. The molecule has 8 heteroatoms. The van der Waals surface area contributed by atoms with Crippen LogP contribution in [0.5, 0.6) is 0 Å². The number of hydrogen-bond donors (Lipinski definition) is 2.